The molecule has 0 aliphatic rings. The van der Waals surface area contributed by atoms with Crippen molar-refractivity contribution in [3.05, 3.63) is 23.8 Å². The van der Waals surface area contributed by atoms with Crippen LogP contribution >= 0.6 is 0 Å². The van der Waals surface area contributed by atoms with Gasteiger partial charge in [0.25, 0.3) is 0 Å². The average molecular weight is 212 g/mol. The molecule has 0 aliphatic heterocycles. The lowest BCUT2D eigenvalue weighted by Gasteiger charge is -2.04. The van der Waals surface area contributed by atoms with Gasteiger partial charge in [-0.1, -0.05) is 25.2 Å². The second-order valence-corrected chi connectivity index (χ2v) is 3.24. The maximum Gasteiger partial charge on any atom is 0.303 e. The summed E-state index contributed by atoms with van der Waals surface area (Å²) in [6, 6.07) is 0. The minimum absolute atomic E-state index is 0.177. The largest absolute Gasteiger partial charge is 0.481 e. The molecule has 0 aromatic rings. The minimum Gasteiger partial charge on any atom is -0.481 e. The highest BCUT2D eigenvalue weighted by Crippen LogP contribution is 2.01. The molecule has 0 heterocycles. The third-order valence-electron chi connectivity index (χ3n) is 1.80. The summed E-state index contributed by atoms with van der Waals surface area (Å²) in [7, 11) is 0. The van der Waals surface area contributed by atoms with Gasteiger partial charge < -0.3 is 9.84 Å². The number of carbonyl (C=O) groups is 1. The summed E-state index contributed by atoms with van der Waals surface area (Å²) in [6.07, 6.45) is 7.83. The van der Waals surface area contributed by atoms with Gasteiger partial charge in [0.1, 0.15) is 0 Å². The maximum absolute atomic E-state index is 10.2. The average Bonchev–Trinajstić information content (AvgIpc) is 2.17. The Bertz CT molecular complexity index is 229. The van der Waals surface area contributed by atoms with E-state index in [1.165, 1.54) is 0 Å². The Balaban J connectivity index is 3.63. The van der Waals surface area contributed by atoms with Gasteiger partial charge in [0.2, 0.25) is 0 Å². The molecule has 0 fully saturated rings. The van der Waals surface area contributed by atoms with E-state index < -0.39 is 5.97 Å². The molecule has 0 bridgehead atoms. The summed E-state index contributed by atoms with van der Waals surface area (Å²) in [5.41, 5.74) is 1.15. The quantitative estimate of drug-likeness (QED) is 0.497. The molecule has 0 spiro atoms. The molecule has 0 aromatic carbocycles. The monoisotopic (exact) mass is 212 g/mol. The Morgan fingerprint density at radius 1 is 1.47 bits per heavy atom. The molecule has 0 atom stereocenters. The zero-order chi connectivity index (χ0) is 11.5. The molecule has 0 aromatic heterocycles. The van der Waals surface area contributed by atoms with Gasteiger partial charge in [0.15, 0.2) is 0 Å². The number of hydrogen-bond donors (Lipinski definition) is 1. The number of carboxylic acid groups (broad SMARTS) is 1. The zero-order valence-corrected chi connectivity index (χ0v) is 9.53. The van der Waals surface area contributed by atoms with Crippen molar-refractivity contribution in [2.24, 2.45) is 0 Å². The van der Waals surface area contributed by atoms with Crippen molar-refractivity contribution in [3.63, 3.8) is 0 Å². The van der Waals surface area contributed by atoms with Crippen molar-refractivity contribution in [2.45, 2.75) is 33.1 Å². The molecule has 1 N–H and O–H groups in total. The molecule has 0 saturated heterocycles. The van der Waals surface area contributed by atoms with Gasteiger partial charge in [-0.05, 0) is 25.3 Å². The van der Waals surface area contributed by atoms with Crippen molar-refractivity contribution in [1.29, 1.82) is 0 Å². The predicted molar refractivity (Wildman–Crippen MR) is 60.9 cm³/mol. The third-order valence-corrected chi connectivity index (χ3v) is 1.80. The lowest BCUT2D eigenvalue weighted by atomic mass is 10.2. The lowest BCUT2D eigenvalue weighted by Crippen LogP contribution is -2.02. The van der Waals surface area contributed by atoms with Crippen LogP contribution in [0.15, 0.2) is 23.8 Å². The van der Waals surface area contributed by atoms with Crippen LogP contribution in [0.5, 0.6) is 0 Å². The first-order valence-corrected chi connectivity index (χ1v) is 5.32. The number of hydrogen-bond acceptors (Lipinski definition) is 2. The van der Waals surface area contributed by atoms with Gasteiger partial charge in [-0.2, -0.15) is 0 Å². The highest BCUT2D eigenvalue weighted by atomic mass is 16.5. The number of aliphatic carboxylic acids is 1. The first-order valence-electron chi connectivity index (χ1n) is 5.32. The van der Waals surface area contributed by atoms with E-state index in [4.69, 9.17) is 9.84 Å². The van der Waals surface area contributed by atoms with Gasteiger partial charge >= 0.3 is 5.97 Å². The van der Waals surface area contributed by atoms with Gasteiger partial charge in [0, 0.05) is 13.0 Å². The van der Waals surface area contributed by atoms with E-state index in [1.807, 2.05) is 19.1 Å². The van der Waals surface area contributed by atoms with E-state index in [1.54, 1.807) is 0 Å². The molecular formula is C12H20O3. The Morgan fingerprint density at radius 2 is 2.20 bits per heavy atom. The minimum atomic E-state index is -0.767. The zero-order valence-electron chi connectivity index (χ0n) is 9.53. The molecule has 15 heavy (non-hydrogen) atoms. The molecule has 0 amide bonds. The molecule has 0 aliphatic carbocycles. The van der Waals surface area contributed by atoms with E-state index in [9.17, 15) is 4.79 Å². The molecule has 0 saturated carbocycles. The number of allylic oxidation sites excluding steroid dienone is 2. The normalized spacial score (nSPS) is 12.3. The van der Waals surface area contributed by atoms with Gasteiger partial charge in [-0.25, -0.2) is 0 Å². The fraction of sp³-hybridized carbons (Fsp3) is 0.583. The molecular weight excluding hydrogens is 192 g/mol. The second kappa shape index (κ2) is 9.46. The Morgan fingerprint density at radius 3 is 2.73 bits per heavy atom. The van der Waals surface area contributed by atoms with Crippen LogP contribution in [0.25, 0.3) is 0 Å². The van der Waals surface area contributed by atoms with Crippen LogP contribution in [0.4, 0.5) is 0 Å². The fourth-order valence-electron chi connectivity index (χ4n) is 1.17. The SMILES string of the molecule is C/C=C\C(=C/CC)COCCCC(=O)O. The van der Waals surface area contributed by atoms with E-state index in [2.05, 4.69) is 13.0 Å². The summed E-state index contributed by atoms with van der Waals surface area (Å²) >= 11 is 0. The van der Waals surface area contributed by atoms with Crippen molar-refractivity contribution in [2.75, 3.05) is 13.2 Å². The Hall–Kier alpha value is -1.09. The van der Waals surface area contributed by atoms with Crippen LogP contribution in [0, 0.1) is 0 Å². The van der Waals surface area contributed by atoms with Crippen molar-refractivity contribution in [1.82, 2.24) is 0 Å². The van der Waals surface area contributed by atoms with Gasteiger partial charge in [0.05, 0.1) is 6.61 Å². The maximum atomic E-state index is 10.2. The van der Waals surface area contributed by atoms with Crippen molar-refractivity contribution >= 4 is 5.97 Å². The highest BCUT2D eigenvalue weighted by molar-refractivity contribution is 5.66. The topological polar surface area (TPSA) is 46.5 Å². The van der Waals surface area contributed by atoms with E-state index in [0.29, 0.717) is 19.6 Å². The molecule has 3 nitrogen and oxygen atoms in total. The first-order chi connectivity index (χ1) is 7.20. The van der Waals surface area contributed by atoms with Crippen LogP contribution in [0.1, 0.15) is 33.1 Å². The van der Waals surface area contributed by atoms with Crippen LogP contribution in [0.2, 0.25) is 0 Å². The smallest absolute Gasteiger partial charge is 0.303 e. The van der Waals surface area contributed by atoms with Crippen molar-refractivity contribution in [3.8, 4) is 0 Å². The molecule has 86 valence electrons. The first kappa shape index (κ1) is 13.9. The predicted octanol–water partition coefficient (Wildman–Crippen LogP) is 2.78. The molecule has 0 radical (unpaired) electrons. The number of carboxylic acids is 1. The summed E-state index contributed by atoms with van der Waals surface area (Å²) in [6.45, 7) is 5.12. The van der Waals surface area contributed by atoms with E-state index in [0.717, 1.165) is 12.0 Å². The van der Waals surface area contributed by atoms with Crippen molar-refractivity contribution < 1.29 is 14.6 Å². The van der Waals surface area contributed by atoms with Crippen LogP contribution < -0.4 is 0 Å². The molecule has 0 rings (SSSR count). The number of rotatable bonds is 8. The molecule has 3 heteroatoms. The summed E-state index contributed by atoms with van der Waals surface area (Å²) in [5, 5.41) is 8.41. The van der Waals surface area contributed by atoms with E-state index in [-0.39, 0.29) is 6.42 Å². The fourth-order valence-corrected chi connectivity index (χ4v) is 1.17. The van der Waals surface area contributed by atoms with Gasteiger partial charge in [-0.3, -0.25) is 4.79 Å². The second-order valence-electron chi connectivity index (χ2n) is 3.24. The van der Waals surface area contributed by atoms with E-state index >= 15 is 0 Å². The number of ether oxygens (including phenoxy) is 1. The highest BCUT2D eigenvalue weighted by Gasteiger charge is 1.97. The van der Waals surface area contributed by atoms with Crippen LogP contribution in [-0.2, 0) is 9.53 Å². The van der Waals surface area contributed by atoms with Crippen LogP contribution in [-0.4, -0.2) is 24.3 Å². The summed E-state index contributed by atoms with van der Waals surface area (Å²) < 4.78 is 5.37. The Kier molecular flexibility index (Phi) is 8.78. The summed E-state index contributed by atoms with van der Waals surface area (Å²) in [5.74, 6) is -0.767. The summed E-state index contributed by atoms with van der Waals surface area (Å²) in [4.78, 5) is 10.2. The van der Waals surface area contributed by atoms with Gasteiger partial charge in [-0.15, -0.1) is 0 Å². The lowest BCUT2D eigenvalue weighted by molar-refractivity contribution is -0.137. The van der Waals surface area contributed by atoms with Crippen LogP contribution in [0.3, 0.4) is 0 Å². The third kappa shape index (κ3) is 9.22. The molecule has 0 unspecified atom stereocenters. The Labute approximate surface area is 91.4 Å². The standard InChI is InChI=1S/C12H20O3/c1-3-6-11(7-4-2)10-15-9-5-8-12(13)14/h3,6-7H,4-5,8-10H2,1-2H3,(H,13,14)/b6-3-,11-7+.